The van der Waals surface area contributed by atoms with Crippen LogP contribution in [-0.4, -0.2) is 45.0 Å². The number of ether oxygens (including phenoxy) is 3. The normalized spacial score (nSPS) is 12.0. The quantitative estimate of drug-likeness (QED) is 0.469. The number of nitrogens with one attached hydrogen (secondary N) is 1. The third-order valence-corrected chi connectivity index (χ3v) is 2.84. The summed E-state index contributed by atoms with van der Waals surface area (Å²) in [6.45, 7) is 7.06. The van der Waals surface area contributed by atoms with Crippen molar-refractivity contribution in [2.75, 3.05) is 26.9 Å². The lowest BCUT2D eigenvalue weighted by molar-refractivity contribution is -0.146. The molecule has 0 aromatic rings. The van der Waals surface area contributed by atoms with Gasteiger partial charge in [0.25, 0.3) is 0 Å². The summed E-state index contributed by atoms with van der Waals surface area (Å²) >= 11 is 0. The molecule has 0 aliphatic carbocycles. The number of amides is 1. The fourth-order valence-corrected chi connectivity index (χ4v) is 1.70. The van der Waals surface area contributed by atoms with Gasteiger partial charge in [0.2, 0.25) is 0 Å². The Morgan fingerprint density at radius 3 is 2.33 bits per heavy atom. The molecule has 0 saturated heterocycles. The molecular weight excluding hydrogens is 274 g/mol. The van der Waals surface area contributed by atoms with E-state index in [0.29, 0.717) is 25.6 Å². The van der Waals surface area contributed by atoms with E-state index in [1.807, 2.05) is 6.92 Å². The van der Waals surface area contributed by atoms with Crippen LogP contribution >= 0.6 is 0 Å². The molecule has 1 N–H and O–H groups in total. The number of hydrogen-bond acceptors (Lipinski definition) is 5. The molecule has 1 amide bonds. The SMILES string of the molecule is CCCC(NC(=O)OCCOC)C(=O)OCCCC(C)C. The van der Waals surface area contributed by atoms with E-state index < -0.39 is 18.1 Å². The van der Waals surface area contributed by atoms with E-state index in [-0.39, 0.29) is 6.61 Å². The lowest BCUT2D eigenvalue weighted by Crippen LogP contribution is -2.42. The highest BCUT2D eigenvalue weighted by Crippen LogP contribution is 2.05. The van der Waals surface area contributed by atoms with Gasteiger partial charge in [-0.05, 0) is 25.2 Å². The molecule has 0 saturated carbocycles. The Bertz CT molecular complexity index is 294. The maximum Gasteiger partial charge on any atom is 0.407 e. The third-order valence-electron chi connectivity index (χ3n) is 2.84. The Kier molecular flexibility index (Phi) is 11.7. The fraction of sp³-hybridized carbons (Fsp3) is 0.867. The zero-order chi connectivity index (χ0) is 16.1. The Morgan fingerprint density at radius 1 is 1.05 bits per heavy atom. The summed E-state index contributed by atoms with van der Waals surface area (Å²) in [5.41, 5.74) is 0. The lowest BCUT2D eigenvalue weighted by Gasteiger charge is -2.17. The summed E-state index contributed by atoms with van der Waals surface area (Å²) in [5, 5.41) is 2.54. The van der Waals surface area contributed by atoms with Crippen molar-refractivity contribution in [1.82, 2.24) is 5.32 Å². The predicted octanol–water partition coefficient (Wildman–Crippen LogP) is 2.51. The van der Waals surface area contributed by atoms with Gasteiger partial charge in [0.1, 0.15) is 12.6 Å². The van der Waals surface area contributed by atoms with Gasteiger partial charge in [0.05, 0.1) is 13.2 Å². The lowest BCUT2D eigenvalue weighted by atomic mass is 10.1. The van der Waals surface area contributed by atoms with E-state index in [2.05, 4.69) is 19.2 Å². The molecule has 0 heterocycles. The average Bonchev–Trinajstić information content (AvgIpc) is 2.43. The van der Waals surface area contributed by atoms with Crippen molar-refractivity contribution in [2.45, 2.75) is 52.5 Å². The molecule has 124 valence electrons. The van der Waals surface area contributed by atoms with Crippen LogP contribution in [0.15, 0.2) is 0 Å². The Morgan fingerprint density at radius 2 is 1.76 bits per heavy atom. The van der Waals surface area contributed by atoms with Crippen molar-refractivity contribution in [2.24, 2.45) is 5.92 Å². The van der Waals surface area contributed by atoms with Crippen LogP contribution in [0, 0.1) is 5.92 Å². The second-order valence-corrected chi connectivity index (χ2v) is 5.32. The van der Waals surface area contributed by atoms with Crippen molar-refractivity contribution in [3.63, 3.8) is 0 Å². The van der Waals surface area contributed by atoms with Gasteiger partial charge in [-0.15, -0.1) is 0 Å². The van der Waals surface area contributed by atoms with E-state index in [1.165, 1.54) is 7.11 Å². The summed E-state index contributed by atoms with van der Waals surface area (Å²) < 4.78 is 14.9. The van der Waals surface area contributed by atoms with Gasteiger partial charge in [-0.2, -0.15) is 0 Å². The minimum absolute atomic E-state index is 0.157. The van der Waals surface area contributed by atoms with E-state index in [9.17, 15) is 9.59 Å². The highest BCUT2D eigenvalue weighted by Gasteiger charge is 2.21. The Labute approximate surface area is 127 Å². The molecular formula is C15H29NO5. The van der Waals surface area contributed by atoms with Crippen molar-refractivity contribution >= 4 is 12.1 Å². The molecule has 0 radical (unpaired) electrons. The number of rotatable bonds is 11. The molecule has 21 heavy (non-hydrogen) atoms. The number of hydrogen-bond donors (Lipinski definition) is 1. The molecule has 0 fully saturated rings. The predicted molar refractivity (Wildman–Crippen MR) is 80.1 cm³/mol. The first-order valence-corrected chi connectivity index (χ1v) is 7.60. The summed E-state index contributed by atoms with van der Waals surface area (Å²) in [6, 6.07) is -0.649. The van der Waals surface area contributed by atoms with Crippen LogP contribution in [0.5, 0.6) is 0 Å². The van der Waals surface area contributed by atoms with Crippen LogP contribution < -0.4 is 5.32 Å². The molecule has 1 atom stereocenters. The van der Waals surface area contributed by atoms with Gasteiger partial charge in [0.15, 0.2) is 0 Å². The van der Waals surface area contributed by atoms with E-state index in [0.717, 1.165) is 19.3 Å². The van der Waals surface area contributed by atoms with Crippen molar-refractivity contribution in [1.29, 1.82) is 0 Å². The Balaban J connectivity index is 4.07. The smallest absolute Gasteiger partial charge is 0.407 e. The largest absolute Gasteiger partial charge is 0.464 e. The van der Waals surface area contributed by atoms with E-state index in [1.54, 1.807) is 0 Å². The third kappa shape index (κ3) is 11.1. The summed E-state index contributed by atoms with van der Waals surface area (Å²) in [7, 11) is 1.52. The second kappa shape index (κ2) is 12.4. The van der Waals surface area contributed by atoms with Gasteiger partial charge in [0, 0.05) is 7.11 Å². The number of carbonyl (C=O) groups excluding carboxylic acids is 2. The first-order valence-electron chi connectivity index (χ1n) is 7.60. The van der Waals surface area contributed by atoms with Crippen molar-refractivity contribution in [3.05, 3.63) is 0 Å². The van der Waals surface area contributed by atoms with E-state index in [4.69, 9.17) is 14.2 Å². The van der Waals surface area contributed by atoms with Crippen LogP contribution in [0.1, 0.15) is 46.5 Å². The highest BCUT2D eigenvalue weighted by molar-refractivity contribution is 5.81. The number of methoxy groups -OCH3 is 1. The van der Waals surface area contributed by atoms with Gasteiger partial charge < -0.3 is 19.5 Å². The molecule has 0 bridgehead atoms. The molecule has 0 aromatic heterocycles. The Hall–Kier alpha value is -1.30. The molecule has 0 aliphatic heterocycles. The molecule has 0 aliphatic rings. The van der Waals surface area contributed by atoms with Crippen molar-refractivity contribution in [3.8, 4) is 0 Å². The standard InChI is InChI=1S/C15H29NO5/c1-5-7-13(16-15(18)21-11-10-19-4)14(17)20-9-6-8-12(2)3/h12-13H,5-11H2,1-4H3,(H,16,18). The van der Waals surface area contributed by atoms with Gasteiger partial charge in [-0.25, -0.2) is 9.59 Å². The molecule has 0 aromatic carbocycles. The summed E-state index contributed by atoms with van der Waals surface area (Å²) in [4.78, 5) is 23.5. The van der Waals surface area contributed by atoms with E-state index >= 15 is 0 Å². The molecule has 6 nitrogen and oxygen atoms in total. The first kappa shape index (κ1) is 19.7. The maximum atomic E-state index is 11.9. The monoisotopic (exact) mass is 303 g/mol. The van der Waals surface area contributed by atoms with Gasteiger partial charge in [-0.3, -0.25) is 0 Å². The molecule has 0 spiro atoms. The van der Waals surface area contributed by atoms with Crippen molar-refractivity contribution < 1.29 is 23.8 Å². The molecule has 0 rings (SSSR count). The topological polar surface area (TPSA) is 73.9 Å². The zero-order valence-electron chi connectivity index (χ0n) is 13.6. The number of carbonyl (C=O) groups is 2. The number of alkyl carbamates (subject to hydrolysis) is 1. The first-order chi connectivity index (χ1) is 10.0. The maximum absolute atomic E-state index is 11.9. The van der Waals surface area contributed by atoms with Gasteiger partial charge >= 0.3 is 12.1 Å². The van der Waals surface area contributed by atoms with Crippen LogP contribution in [0.25, 0.3) is 0 Å². The van der Waals surface area contributed by atoms with Crippen LogP contribution in [0.4, 0.5) is 4.79 Å². The fourth-order valence-electron chi connectivity index (χ4n) is 1.70. The van der Waals surface area contributed by atoms with Crippen LogP contribution in [-0.2, 0) is 19.0 Å². The van der Waals surface area contributed by atoms with Gasteiger partial charge in [-0.1, -0.05) is 27.2 Å². The highest BCUT2D eigenvalue weighted by atomic mass is 16.6. The zero-order valence-corrected chi connectivity index (χ0v) is 13.6. The van der Waals surface area contributed by atoms with Crippen LogP contribution in [0.2, 0.25) is 0 Å². The second-order valence-electron chi connectivity index (χ2n) is 5.32. The average molecular weight is 303 g/mol. The summed E-state index contributed by atoms with van der Waals surface area (Å²) in [5.74, 6) is 0.188. The van der Waals surface area contributed by atoms with Crippen LogP contribution in [0.3, 0.4) is 0 Å². The minimum atomic E-state index is -0.649. The summed E-state index contributed by atoms with van der Waals surface area (Å²) in [6.07, 6.45) is 2.52. The number of esters is 1. The molecule has 1 unspecified atom stereocenters. The minimum Gasteiger partial charge on any atom is -0.464 e. The molecule has 6 heteroatoms.